The molecule has 0 unspecified atom stereocenters. The Morgan fingerprint density at radius 2 is 2.10 bits per heavy atom. The summed E-state index contributed by atoms with van der Waals surface area (Å²) in [5.41, 5.74) is 5.36. The number of hydrogen-bond acceptors (Lipinski definition) is 4. The maximum atomic E-state index is 13.4. The second-order valence-electron chi connectivity index (χ2n) is 4.11. The maximum Gasteiger partial charge on any atom is 0.246 e. The molecule has 108 valence electrons. The number of aromatic nitrogens is 2. The minimum Gasteiger partial charge on any atom is -0.381 e. The van der Waals surface area contributed by atoms with Crippen LogP contribution in [0, 0.1) is 11.6 Å². The maximum absolute atomic E-state index is 13.4. The van der Waals surface area contributed by atoms with E-state index in [4.69, 9.17) is 5.73 Å². The van der Waals surface area contributed by atoms with Gasteiger partial charge in [0.25, 0.3) is 0 Å². The summed E-state index contributed by atoms with van der Waals surface area (Å²) in [6, 6.07) is 2.80. The van der Waals surface area contributed by atoms with E-state index in [-0.39, 0.29) is 22.8 Å². The molecule has 0 aliphatic rings. The zero-order valence-electron chi connectivity index (χ0n) is 10.5. The summed E-state index contributed by atoms with van der Waals surface area (Å²) in [6.45, 7) is -0.389. The van der Waals surface area contributed by atoms with Crippen LogP contribution < -0.4 is 10.5 Å². The summed E-state index contributed by atoms with van der Waals surface area (Å²) >= 11 is 0. The fourth-order valence-electron chi connectivity index (χ4n) is 1.62. The van der Waals surface area contributed by atoms with Crippen molar-refractivity contribution in [3.63, 3.8) is 0 Å². The Bertz CT molecular complexity index is 743. The van der Waals surface area contributed by atoms with Gasteiger partial charge in [0.2, 0.25) is 10.0 Å². The van der Waals surface area contributed by atoms with E-state index >= 15 is 0 Å². The molecular weight excluding hydrogens is 290 g/mol. The Kier molecular flexibility index (Phi) is 3.73. The Morgan fingerprint density at radius 1 is 1.40 bits per heavy atom. The van der Waals surface area contributed by atoms with Gasteiger partial charge in [0.15, 0.2) is 5.82 Å². The molecule has 6 nitrogen and oxygen atoms in total. The number of nitrogen functional groups attached to an aromatic ring is 1. The molecule has 2 rings (SSSR count). The van der Waals surface area contributed by atoms with E-state index in [2.05, 4.69) is 9.82 Å². The molecule has 1 heterocycles. The lowest BCUT2D eigenvalue weighted by molar-refractivity contribution is 0.567. The monoisotopic (exact) mass is 302 g/mol. The lowest BCUT2D eigenvalue weighted by Gasteiger charge is -2.06. The van der Waals surface area contributed by atoms with Crippen LogP contribution in [0.4, 0.5) is 14.6 Å². The third kappa shape index (κ3) is 2.94. The minimum absolute atomic E-state index is 0.101. The zero-order valence-corrected chi connectivity index (χ0v) is 11.3. The molecule has 0 aliphatic carbocycles. The lowest BCUT2D eigenvalue weighted by atomic mass is 10.2. The first-order valence-electron chi connectivity index (χ1n) is 5.52. The average Bonchev–Trinajstić information content (AvgIpc) is 2.70. The predicted molar refractivity (Wildman–Crippen MR) is 68.0 cm³/mol. The molecule has 0 amide bonds. The number of hydrogen-bond donors (Lipinski definition) is 2. The van der Waals surface area contributed by atoms with Crippen molar-refractivity contribution in [2.75, 3.05) is 5.73 Å². The quantitative estimate of drug-likeness (QED) is 0.872. The Hall–Kier alpha value is -2.00. The molecule has 1 aromatic carbocycles. The summed E-state index contributed by atoms with van der Waals surface area (Å²) in [4.78, 5) is -0.211. The summed E-state index contributed by atoms with van der Waals surface area (Å²) in [5.74, 6) is -1.52. The van der Waals surface area contributed by atoms with Gasteiger partial charge < -0.3 is 5.73 Å². The third-order valence-electron chi connectivity index (χ3n) is 2.57. The molecule has 0 spiro atoms. The number of halogens is 2. The van der Waals surface area contributed by atoms with Gasteiger partial charge in [-0.3, -0.25) is 4.68 Å². The molecule has 9 heteroatoms. The van der Waals surface area contributed by atoms with Crippen LogP contribution in [-0.2, 0) is 23.6 Å². The van der Waals surface area contributed by atoms with Gasteiger partial charge in [-0.15, -0.1) is 0 Å². The molecule has 0 atom stereocenters. The zero-order chi connectivity index (χ0) is 14.9. The van der Waals surface area contributed by atoms with E-state index in [1.807, 2.05) is 0 Å². The summed E-state index contributed by atoms with van der Waals surface area (Å²) < 4.78 is 53.7. The van der Waals surface area contributed by atoms with E-state index in [1.165, 1.54) is 17.9 Å². The first kappa shape index (κ1) is 14.4. The van der Waals surface area contributed by atoms with E-state index in [0.717, 1.165) is 18.2 Å². The molecule has 0 saturated heterocycles. The van der Waals surface area contributed by atoms with Gasteiger partial charge in [-0.25, -0.2) is 21.9 Å². The highest BCUT2D eigenvalue weighted by Gasteiger charge is 2.20. The highest BCUT2D eigenvalue weighted by Crippen LogP contribution is 2.16. The normalized spacial score (nSPS) is 11.8. The van der Waals surface area contributed by atoms with Gasteiger partial charge in [-0.05, 0) is 18.2 Å². The van der Waals surface area contributed by atoms with Crippen LogP contribution in [0.3, 0.4) is 0 Å². The Labute approximate surface area is 114 Å². The number of nitrogens with one attached hydrogen (secondary N) is 1. The predicted octanol–water partition coefficient (Wildman–Crippen LogP) is 0.759. The van der Waals surface area contributed by atoms with Gasteiger partial charge in [0, 0.05) is 25.4 Å². The van der Waals surface area contributed by atoms with Crippen molar-refractivity contribution in [1.29, 1.82) is 0 Å². The first-order chi connectivity index (χ1) is 9.29. The van der Waals surface area contributed by atoms with Crippen LogP contribution in [0.2, 0.25) is 0 Å². The van der Waals surface area contributed by atoms with Gasteiger partial charge in [0.1, 0.15) is 16.5 Å². The highest BCUT2D eigenvalue weighted by molar-refractivity contribution is 7.89. The number of aryl methyl sites for hydroxylation is 1. The van der Waals surface area contributed by atoms with Gasteiger partial charge >= 0.3 is 0 Å². The lowest BCUT2D eigenvalue weighted by Crippen LogP contribution is -2.24. The molecule has 20 heavy (non-hydrogen) atoms. The van der Waals surface area contributed by atoms with Crippen LogP contribution in [0.25, 0.3) is 0 Å². The summed E-state index contributed by atoms with van der Waals surface area (Å²) in [6.07, 6.45) is 1.22. The molecule has 0 radical (unpaired) electrons. The van der Waals surface area contributed by atoms with Crippen molar-refractivity contribution in [2.24, 2.45) is 7.05 Å². The molecule has 0 bridgehead atoms. The van der Waals surface area contributed by atoms with Crippen molar-refractivity contribution >= 4 is 15.8 Å². The smallest absolute Gasteiger partial charge is 0.246 e. The number of nitrogens with two attached hydrogens (primary N) is 1. The van der Waals surface area contributed by atoms with Crippen LogP contribution in [-0.4, -0.2) is 18.2 Å². The molecule has 3 N–H and O–H groups in total. The van der Waals surface area contributed by atoms with E-state index in [9.17, 15) is 17.2 Å². The van der Waals surface area contributed by atoms with Crippen LogP contribution in [0.5, 0.6) is 0 Å². The largest absolute Gasteiger partial charge is 0.381 e. The molecular formula is C11H12F2N4O2S. The third-order valence-corrected chi connectivity index (χ3v) is 3.99. The Morgan fingerprint density at radius 3 is 2.70 bits per heavy atom. The molecule has 1 aromatic heterocycles. The van der Waals surface area contributed by atoms with E-state index in [1.54, 1.807) is 0 Å². The van der Waals surface area contributed by atoms with E-state index in [0.29, 0.717) is 0 Å². The number of benzene rings is 1. The Balaban J connectivity index is 2.21. The number of nitrogens with zero attached hydrogens (tertiary/aromatic N) is 2. The topological polar surface area (TPSA) is 90.0 Å². The minimum atomic E-state index is -3.95. The molecule has 0 aliphatic heterocycles. The standard InChI is InChI=1S/C11H12F2N4O2S/c1-17-6-10(11(14)16-17)20(18,19)15-5-7-4-8(12)2-3-9(7)13/h2-4,6,15H,5H2,1H3,(H2,14,16). The second kappa shape index (κ2) is 5.17. The molecule has 0 saturated carbocycles. The molecule has 0 fully saturated rings. The van der Waals surface area contributed by atoms with Crippen molar-refractivity contribution in [1.82, 2.24) is 14.5 Å². The number of anilines is 1. The summed E-state index contributed by atoms with van der Waals surface area (Å²) in [7, 11) is -2.43. The number of rotatable bonds is 4. The van der Waals surface area contributed by atoms with Gasteiger partial charge in [-0.1, -0.05) is 0 Å². The van der Waals surface area contributed by atoms with Crippen molar-refractivity contribution in [3.05, 3.63) is 41.6 Å². The van der Waals surface area contributed by atoms with Crippen LogP contribution in [0.1, 0.15) is 5.56 Å². The van der Waals surface area contributed by atoms with Crippen molar-refractivity contribution in [3.8, 4) is 0 Å². The van der Waals surface area contributed by atoms with Gasteiger partial charge in [-0.2, -0.15) is 5.10 Å². The van der Waals surface area contributed by atoms with Crippen LogP contribution >= 0.6 is 0 Å². The second-order valence-corrected chi connectivity index (χ2v) is 5.85. The fraction of sp³-hybridized carbons (Fsp3) is 0.182. The van der Waals surface area contributed by atoms with Crippen LogP contribution in [0.15, 0.2) is 29.3 Å². The van der Waals surface area contributed by atoms with E-state index < -0.39 is 21.7 Å². The van der Waals surface area contributed by atoms with Gasteiger partial charge in [0.05, 0.1) is 0 Å². The SMILES string of the molecule is Cn1cc(S(=O)(=O)NCc2cc(F)ccc2F)c(N)n1. The van der Waals surface area contributed by atoms with Crippen molar-refractivity contribution in [2.45, 2.75) is 11.4 Å². The average molecular weight is 302 g/mol. The fourth-order valence-corrected chi connectivity index (χ4v) is 2.73. The first-order valence-corrected chi connectivity index (χ1v) is 7.00. The number of sulfonamides is 1. The summed E-state index contributed by atoms with van der Waals surface area (Å²) in [5, 5.41) is 3.71. The van der Waals surface area contributed by atoms with Crippen molar-refractivity contribution < 1.29 is 17.2 Å². The molecule has 2 aromatic rings. The highest BCUT2D eigenvalue weighted by atomic mass is 32.2.